The molecule has 2 N–H and O–H groups in total. The number of rotatable bonds is 7. The molecule has 1 saturated carbocycles. The van der Waals surface area contributed by atoms with Crippen molar-refractivity contribution in [3.63, 3.8) is 0 Å². The second-order valence-electron chi connectivity index (χ2n) is 10.7. The van der Waals surface area contributed by atoms with Crippen LogP contribution >= 0.6 is 0 Å². The molecule has 0 spiro atoms. The highest BCUT2D eigenvalue weighted by Gasteiger charge is 2.41. The minimum atomic E-state index is -3.74. The van der Waals surface area contributed by atoms with Crippen LogP contribution < -0.4 is 14.9 Å². The number of carbonyl (C=O) groups excluding carboxylic acids is 1. The third kappa shape index (κ3) is 4.77. The lowest BCUT2D eigenvalue weighted by Gasteiger charge is -2.37. The molecule has 0 unspecified atom stereocenters. The number of carbonyl (C=O) groups is 1. The summed E-state index contributed by atoms with van der Waals surface area (Å²) in [4.78, 5) is 16.7. The zero-order chi connectivity index (χ0) is 25.0. The molecule has 0 radical (unpaired) electrons. The van der Waals surface area contributed by atoms with Crippen molar-refractivity contribution in [2.75, 3.05) is 44.3 Å². The Balaban J connectivity index is 1.52. The average Bonchev–Trinajstić information content (AvgIpc) is 3.22. The van der Waals surface area contributed by atoms with Gasteiger partial charge in [-0.05, 0) is 38.3 Å². The van der Waals surface area contributed by atoms with Crippen LogP contribution in [0.2, 0.25) is 0 Å². The van der Waals surface area contributed by atoms with Crippen molar-refractivity contribution in [2.24, 2.45) is 5.92 Å². The normalized spacial score (nSPS) is 24.5. The fourth-order valence-corrected chi connectivity index (χ4v) is 6.62. The van der Waals surface area contributed by atoms with E-state index < -0.39 is 16.7 Å². The van der Waals surface area contributed by atoms with Crippen LogP contribution in [0.3, 0.4) is 0 Å². The van der Waals surface area contributed by atoms with E-state index in [4.69, 9.17) is 0 Å². The number of amides is 1. The minimum absolute atomic E-state index is 0.0477. The Morgan fingerprint density at radius 2 is 1.97 bits per heavy atom. The largest absolute Gasteiger partial charge is 0.367 e. The quantitative estimate of drug-likeness (QED) is 0.596. The summed E-state index contributed by atoms with van der Waals surface area (Å²) in [5, 5.41) is 8.68. The molecule has 11 heteroatoms. The van der Waals surface area contributed by atoms with E-state index in [-0.39, 0.29) is 34.3 Å². The first-order valence-corrected chi connectivity index (χ1v) is 14.0. The lowest BCUT2D eigenvalue weighted by Crippen LogP contribution is -2.50. The molecule has 1 aromatic carbocycles. The minimum Gasteiger partial charge on any atom is -0.367 e. The number of piperazine rings is 1. The van der Waals surface area contributed by atoms with E-state index in [2.05, 4.69) is 20.0 Å². The number of alkyl halides is 1. The molecule has 2 saturated heterocycles. The smallest absolute Gasteiger partial charge is 0.241 e. The molecule has 2 aliphatic heterocycles. The molecular formula is C24H35FN6O3S. The Hall–Kier alpha value is -2.24. The number of benzene rings is 1. The van der Waals surface area contributed by atoms with E-state index >= 15 is 0 Å². The molecule has 0 bridgehead atoms. The van der Waals surface area contributed by atoms with Crippen molar-refractivity contribution < 1.29 is 17.6 Å². The van der Waals surface area contributed by atoms with Gasteiger partial charge in [-0.25, -0.2) is 17.5 Å². The van der Waals surface area contributed by atoms with Crippen LogP contribution in [-0.2, 0) is 14.8 Å². The van der Waals surface area contributed by atoms with Gasteiger partial charge in [0.25, 0.3) is 0 Å². The summed E-state index contributed by atoms with van der Waals surface area (Å²) >= 11 is 0. The number of anilines is 1. The predicted octanol–water partition coefficient (Wildman–Crippen LogP) is 2.04. The Bertz CT molecular complexity index is 1220. The maximum absolute atomic E-state index is 13.4. The van der Waals surface area contributed by atoms with Gasteiger partial charge in [-0.1, -0.05) is 13.8 Å². The van der Waals surface area contributed by atoms with Gasteiger partial charge in [0, 0.05) is 61.3 Å². The molecule has 2 atom stereocenters. The molecule has 9 nitrogen and oxygen atoms in total. The van der Waals surface area contributed by atoms with Gasteiger partial charge < -0.3 is 15.1 Å². The topological polar surface area (TPSA) is 99.6 Å². The van der Waals surface area contributed by atoms with Crippen molar-refractivity contribution in [1.82, 2.24) is 24.7 Å². The number of aromatic nitrogens is 2. The summed E-state index contributed by atoms with van der Waals surface area (Å²) in [7, 11) is -3.74. The zero-order valence-corrected chi connectivity index (χ0v) is 21.4. The summed E-state index contributed by atoms with van der Waals surface area (Å²) in [6.07, 6.45) is 4.03. The zero-order valence-electron chi connectivity index (χ0n) is 20.6. The van der Waals surface area contributed by atoms with Crippen LogP contribution in [0.15, 0.2) is 23.2 Å². The number of fused-ring (bicyclic) bond motifs is 1. The van der Waals surface area contributed by atoms with E-state index in [9.17, 15) is 17.6 Å². The Morgan fingerprint density at radius 3 is 2.57 bits per heavy atom. The molecule has 2 aromatic rings. The summed E-state index contributed by atoms with van der Waals surface area (Å²) in [6.45, 7) is 8.27. The summed E-state index contributed by atoms with van der Waals surface area (Å²) in [5.41, 5.74) is 1.15. The van der Waals surface area contributed by atoms with Crippen molar-refractivity contribution in [2.45, 2.75) is 62.6 Å². The van der Waals surface area contributed by atoms with Gasteiger partial charge in [0.15, 0.2) is 0 Å². The van der Waals surface area contributed by atoms with Gasteiger partial charge >= 0.3 is 0 Å². The number of halogens is 1. The molecular weight excluding hydrogens is 471 g/mol. The van der Waals surface area contributed by atoms with E-state index in [0.29, 0.717) is 39.1 Å². The van der Waals surface area contributed by atoms with Gasteiger partial charge in [0.1, 0.15) is 6.67 Å². The summed E-state index contributed by atoms with van der Waals surface area (Å²) in [6, 6.07) is 3.17. The number of sulfonamides is 1. The van der Waals surface area contributed by atoms with Crippen molar-refractivity contribution >= 4 is 32.5 Å². The van der Waals surface area contributed by atoms with E-state index in [1.54, 1.807) is 18.3 Å². The second-order valence-corrected chi connectivity index (χ2v) is 12.4. The molecule has 1 amide bonds. The lowest BCUT2D eigenvalue weighted by molar-refractivity contribution is -0.134. The van der Waals surface area contributed by atoms with Crippen LogP contribution in [0.4, 0.5) is 10.1 Å². The highest BCUT2D eigenvalue weighted by molar-refractivity contribution is 7.89. The van der Waals surface area contributed by atoms with Crippen LogP contribution in [0.5, 0.6) is 0 Å². The molecule has 1 aromatic heterocycles. The predicted molar refractivity (Wildman–Crippen MR) is 133 cm³/mol. The maximum Gasteiger partial charge on any atom is 0.241 e. The maximum atomic E-state index is 13.4. The Labute approximate surface area is 206 Å². The van der Waals surface area contributed by atoms with Crippen molar-refractivity contribution in [3.05, 3.63) is 18.3 Å². The van der Waals surface area contributed by atoms with E-state index in [1.165, 1.54) is 0 Å². The first kappa shape index (κ1) is 24.5. The second kappa shape index (κ2) is 9.01. The highest BCUT2D eigenvalue weighted by Crippen LogP contribution is 2.38. The van der Waals surface area contributed by atoms with Gasteiger partial charge in [0.05, 0.1) is 22.7 Å². The molecule has 1 aliphatic carbocycles. The van der Waals surface area contributed by atoms with Gasteiger partial charge in [-0.3, -0.25) is 9.48 Å². The first-order valence-electron chi connectivity index (χ1n) is 12.5. The van der Waals surface area contributed by atoms with Gasteiger partial charge in [-0.15, -0.1) is 0 Å². The third-order valence-electron chi connectivity index (χ3n) is 7.52. The van der Waals surface area contributed by atoms with E-state index in [1.807, 2.05) is 30.4 Å². The van der Waals surface area contributed by atoms with Crippen LogP contribution in [0, 0.1) is 5.92 Å². The number of hydrogen-bond acceptors (Lipinski definition) is 6. The molecule has 3 heterocycles. The lowest BCUT2D eigenvalue weighted by atomic mass is 10.1. The molecule has 192 valence electrons. The van der Waals surface area contributed by atoms with E-state index in [0.717, 1.165) is 29.4 Å². The average molecular weight is 507 g/mol. The van der Waals surface area contributed by atoms with Gasteiger partial charge in [0.2, 0.25) is 15.9 Å². The number of nitrogens with one attached hydrogen (secondary N) is 2. The molecule has 5 rings (SSSR count). The Kier molecular flexibility index (Phi) is 6.29. The van der Waals surface area contributed by atoms with Crippen LogP contribution in [0.25, 0.3) is 10.9 Å². The fraction of sp³-hybridized carbons (Fsp3) is 0.667. The standard InChI is InChI=1S/C24H35FN6O3S/c1-16(2)23(32)30-8-6-29(7-9-30)21-11-19(35(33,34)28-24(3)4-5-24)12-22-20(21)15-27-31(22)18-10-17(13-25)26-14-18/h11-12,15-18,26,28H,4-10,13-14H2,1-3H3/t17-,18+/m1/s1. The SMILES string of the molecule is CC(C)C(=O)N1CCN(c2cc(S(=O)(=O)NC3(C)CC3)cc3c2cnn3[C@@H]2CN[C@@H](CF)C2)CC1. The van der Waals surface area contributed by atoms with Crippen molar-refractivity contribution in [1.29, 1.82) is 0 Å². The fourth-order valence-electron chi connectivity index (χ4n) is 5.12. The molecule has 3 aliphatic rings. The van der Waals surface area contributed by atoms with Crippen LogP contribution in [0.1, 0.15) is 46.1 Å². The highest BCUT2D eigenvalue weighted by atomic mass is 32.2. The van der Waals surface area contributed by atoms with Crippen LogP contribution in [-0.4, -0.2) is 80.0 Å². The Morgan fingerprint density at radius 1 is 1.26 bits per heavy atom. The first-order chi connectivity index (χ1) is 16.6. The van der Waals surface area contributed by atoms with Gasteiger partial charge in [-0.2, -0.15) is 5.10 Å². The van der Waals surface area contributed by atoms with Crippen molar-refractivity contribution in [3.8, 4) is 0 Å². The monoisotopic (exact) mass is 506 g/mol. The number of hydrogen-bond donors (Lipinski definition) is 2. The molecule has 3 fully saturated rings. The summed E-state index contributed by atoms with van der Waals surface area (Å²) in [5.74, 6) is 0.0833. The third-order valence-corrected chi connectivity index (χ3v) is 9.13. The molecule has 35 heavy (non-hydrogen) atoms. The number of nitrogens with zero attached hydrogens (tertiary/aromatic N) is 4. The summed E-state index contributed by atoms with van der Waals surface area (Å²) < 4.78 is 44.7.